The molecule has 0 aromatic rings. The molecule has 0 unspecified atom stereocenters. The molecule has 1 aliphatic carbocycles. The van der Waals surface area contributed by atoms with Gasteiger partial charge in [-0.2, -0.15) is 0 Å². The predicted molar refractivity (Wildman–Crippen MR) is 75.7 cm³/mol. The topological polar surface area (TPSA) is 60.4 Å². The van der Waals surface area contributed by atoms with E-state index in [1.165, 1.54) is 12.8 Å². The second kappa shape index (κ2) is 8.56. The Morgan fingerprint density at radius 3 is 2.47 bits per heavy atom. The van der Waals surface area contributed by atoms with Gasteiger partial charge in [0.15, 0.2) is 9.84 Å². The molecule has 0 bridgehead atoms. The summed E-state index contributed by atoms with van der Waals surface area (Å²) in [5.74, 6) is 0.845. The van der Waals surface area contributed by atoms with Crippen LogP contribution >= 0.6 is 0 Å². The molecule has 1 aliphatic rings. The van der Waals surface area contributed by atoms with Crippen LogP contribution in [0.25, 0.3) is 0 Å². The Balaban J connectivity index is 2.08. The first-order valence-corrected chi connectivity index (χ1v) is 9.21. The maximum Gasteiger partial charge on any atom is 0.305 e. The van der Waals surface area contributed by atoms with Crippen molar-refractivity contribution in [3.05, 3.63) is 0 Å². The largest absolute Gasteiger partial charge is 0.466 e. The van der Waals surface area contributed by atoms with Crippen LogP contribution in [-0.4, -0.2) is 32.5 Å². The maximum atomic E-state index is 11.9. The smallest absolute Gasteiger partial charge is 0.305 e. The SMILES string of the molecule is CCOC(=O)CCCCCS(=O)(=O)CC1CCCC1. The van der Waals surface area contributed by atoms with Crippen LogP contribution < -0.4 is 0 Å². The van der Waals surface area contributed by atoms with Crippen molar-refractivity contribution in [2.75, 3.05) is 18.1 Å². The van der Waals surface area contributed by atoms with Crippen molar-refractivity contribution in [2.24, 2.45) is 5.92 Å². The van der Waals surface area contributed by atoms with Gasteiger partial charge in [0.05, 0.1) is 18.1 Å². The number of ether oxygens (including phenoxy) is 1. The van der Waals surface area contributed by atoms with Crippen LogP contribution in [0.3, 0.4) is 0 Å². The molecule has 0 N–H and O–H groups in total. The zero-order chi connectivity index (χ0) is 14.1. The summed E-state index contributed by atoms with van der Waals surface area (Å²) in [6, 6.07) is 0. The van der Waals surface area contributed by atoms with Gasteiger partial charge in [0.2, 0.25) is 0 Å². The molecule has 0 spiro atoms. The van der Waals surface area contributed by atoms with Crippen LogP contribution in [0.2, 0.25) is 0 Å². The molecule has 0 heterocycles. The lowest BCUT2D eigenvalue weighted by molar-refractivity contribution is -0.143. The van der Waals surface area contributed by atoms with Gasteiger partial charge in [-0.3, -0.25) is 4.79 Å². The second-order valence-corrected chi connectivity index (χ2v) is 7.61. The Bertz CT molecular complexity index is 356. The van der Waals surface area contributed by atoms with Crippen molar-refractivity contribution in [2.45, 2.75) is 58.3 Å². The van der Waals surface area contributed by atoms with E-state index in [1.54, 1.807) is 6.92 Å². The summed E-state index contributed by atoms with van der Waals surface area (Å²) in [6.07, 6.45) is 7.06. The van der Waals surface area contributed by atoms with Crippen LogP contribution in [0.15, 0.2) is 0 Å². The molecule has 1 fully saturated rings. The van der Waals surface area contributed by atoms with E-state index in [-0.39, 0.29) is 11.7 Å². The second-order valence-electron chi connectivity index (χ2n) is 5.38. The Hall–Kier alpha value is -0.580. The van der Waals surface area contributed by atoms with Crippen LogP contribution in [-0.2, 0) is 19.4 Å². The maximum absolute atomic E-state index is 11.9. The van der Waals surface area contributed by atoms with Crippen LogP contribution in [0.1, 0.15) is 58.3 Å². The molecule has 112 valence electrons. The van der Waals surface area contributed by atoms with Gasteiger partial charge < -0.3 is 4.74 Å². The van der Waals surface area contributed by atoms with Gasteiger partial charge in [0.1, 0.15) is 0 Å². The number of carbonyl (C=O) groups is 1. The molecule has 0 atom stereocenters. The van der Waals surface area contributed by atoms with E-state index in [1.807, 2.05) is 0 Å². The standard InChI is InChI=1S/C14H26O4S/c1-2-18-14(15)10-4-3-7-11-19(16,17)12-13-8-5-6-9-13/h13H,2-12H2,1H3. The van der Waals surface area contributed by atoms with Crippen molar-refractivity contribution in [1.82, 2.24) is 0 Å². The first-order valence-electron chi connectivity index (χ1n) is 7.39. The Kier molecular flexibility index (Phi) is 7.42. The van der Waals surface area contributed by atoms with E-state index >= 15 is 0 Å². The summed E-state index contributed by atoms with van der Waals surface area (Å²) in [5, 5.41) is 0. The van der Waals surface area contributed by atoms with Crippen LogP contribution in [0.5, 0.6) is 0 Å². The fourth-order valence-electron chi connectivity index (χ4n) is 2.62. The number of sulfone groups is 1. The number of unbranched alkanes of at least 4 members (excludes halogenated alkanes) is 2. The zero-order valence-corrected chi connectivity index (χ0v) is 12.7. The number of rotatable bonds is 9. The molecule has 5 heteroatoms. The van der Waals surface area contributed by atoms with Gasteiger partial charge in [-0.15, -0.1) is 0 Å². The highest BCUT2D eigenvalue weighted by Gasteiger charge is 2.22. The van der Waals surface area contributed by atoms with E-state index in [9.17, 15) is 13.2 Å². The molecule has 0 saturated heterocycles. The highest BCUT2D eigenvalue weighted by molar-refractivity contribution is 7.91. The van der Waals surface area contributed by atoms with E-state index in [2.05, 4.69) is 0 Å². The Morgan fingerprint density at radius 1 is 1.16 bits per heavy atom. The summed E-state index contributed by atoms with van der Waals surface area (Å²) in [4.78, 5) is 11.1. The Labute approximate surface area is 116 Å². The highest BCUT2D eigenvalue weighted by Crippen LogP contribution is 2.26. The average molecular weight is 290 g/mol. The third kappa shape index (κ3) is 7.55. The molecule has 0 radical (unpaired) electrons. The third-order valence-electron chi connectivity index (χ3n) is 3.61. The van der Waals surface area contributed by atoms with Crippen LogP contribution in [0, 0.1) is 5.92 Å². The quantitative estimate of drug-likeness (QED) is 0.484. The number of hydrogen-bond donors (Lipinski definition) is 0. The molecule has 0 aliphatic heterocycles. The average Bonchev–Trinajstić information content (AvgIpc) is 2.80. The molecular formula is C14H26O4S. The van der Waals surface area contributed by atoms with Gasteiger partial charge in [0.25, 0.3) is 0 Å². The third-order valence-corrected chi connectivity index (χ3v) is 5.50. The summed E-state index contributed by atoms with van der Waals surface area (Å²) in [6.45, 7) is 2.20. The summed E-state index contributed by atoms with van der Waals surface area (Å²) in [7, 11) is -2.89. The van der Waals surface area contributed by atoms with Crippen molar-refractivity contribution in [3.8, 4) is 0 Å². The van der Waals surface area contributed by atoms with Crippen molar-refractivity contribution >= 4 is 15.8 Å². The van der Waals surface area contributed by atoms with Crippen molar-refractivity contribution in [3.63, 3.8) is 0 Å². The van der Waals surface area contributed by atoms with Gasteiger partial charge in [-0.05, 0) is 38.5 Å². The van der Waals surface area contributed by atoms with Crippen molar-refractivity contribution < 1.29 is 17.9 Å². The summed E-state index contributed by atoms with van der Waals surface area (Å²) in [5.41, 5.74) is 0. The summed E-state index contributed by atoms with van der Waals surface area (Å²) < 4.78 is 28.6. The van der Waals surface area contributed by atoms with E-state index < -0.39 is 9.84 Å². The molecule has 19 heavy (non-hydrogen) atoms. The number of carbonyl (C=O) groups excluding carboxylic acids is 1. The fraction of sp³-hybridized carbons (Fsp3) is 0.929. The van der Waals surface area contributed by atoms with Gasteiger partial charge in [0, 0.05) is 6.42 Å². The fourth-order valence-corrected chi connectivity index (χ4v) is 4.48. The molecular weight excluding hydrogens is 264 g/mol. The van der Waals surface area contributed by atoms with Crippen LogP contribution in [0.4, 0.5) is 0 Å². The van der Waals surface area contributed by atoms with E-state index in [0.717, 1.165) is 25.7 Å². The predicted octanol–water partition coefficient (Wildman–Crippen LogP) is 2.71. The minimum Gasteiger partial charge on any atom is -0.466 e. The van der Waals surface area contributed by atoms with Gasteiger partial charge in [-0.25, -0.2) is 8.42 Å². The number of esters is 1. The molecule has 1 saturated carbocycles. The molecule has 4 nitrogen and oxygen atoms in total. The molecule has 0 aromatic carbocycles. The normalized spacial score (nSPS) is 16.7. The molecule has 1 rings (SSSR count). The monoisotopic (exact) mass is 290 g/mol. The van der Waals surface area contributed by atoms with Crippen molar-refractivity contribution in [1.29, 1.82) is 0 Å². The van der Waals surface area contributed by atoms with E-state index in [4.69, 9.17) is 4.74 Å². The first kappa shape index (κ1) is 16.5. The lowest BCUT2D eigenvalue weighted by Crippen LogP contribution is -2.17. The zero-order valence-electron chi connectivity index (χ0n) is 11.9. The van der Waals surface area contributed by atoms with Gasteiger partial charge >= 0.3 is 5.97 Å². The highest BCUT2D eigenvalue weighted by atomic mass is 32.2. The minimum absolute atomic E-state index is 0.184. The first-order chi connectivity index (χ1) is 9.03. The summed E-state index contributed by atoms with van der Waals surface area (Å²) >= 11 is 0. The lowest BCUT2D eigenvalue weighted by atomic mass is 10.1. The minimum atomic E-state index is -2.89. The lowest BCUT2D eigenvalue weighted by Gasteiger charge is -2.09. The van der Waals surface area contributed by atoms with Gasteiger partial charge in [-0.1, -0.05) is 19.3 Å². The molecule has 0 amide bonds. The Morgan fingerprint density at radius 2 is 1.84 bits per heavy atom. The van der Waals surface area contributed by atoms with E-state index in [0.29, 0.717) is 31.1 Å². The molecule has 0 aromatic heterocycles. The number of hydrogen-bond acceptors (Lipinski definition) is 4.